The smallest absolute Gasteiger partial charge is 0.191 e. The van der Waals surface area contributed by atoms with Gasteiger partial charge < -0.3 is 15.5 Å². The summed E-state index contributed by atoms with van der Waals surface area (Å²) in [5.74, 6) is 0.669. The Balaban J connectivity index is 1.70. The molecule has 0 radical (unpaired) electrons. The number of benzene rings is 1. The molecule has 0 aromatic heterocycles. The molecule has 1 aliphatic carbocycles. The first kappa shape index (κ1) is 13.3. The van der Waals surface area contributed by atoms with Gasteiger partial charge >= 0.3 is 0 Å². The number of nitrogens with zero attached hydrogens (tertiary/aromatic N) is 3. The van der Waals surface area contributed by atoms with Crippen LogP contribution in [0.2, 0.25) is 0 Å². The Morgan fingerprint density at radius 3 is 3.00 bits per heavy atom. The first-order valence-corrected chi connectivity index (χ1v) is 7.51. The summed E-state index contributed by atoms with van der Waals surface area (Å²) in [7, 11) is 4.21. The monoisotopic (exact) mass is 272 g/mol. The molecule has 0 amide bonds. The van der Waals surface area contributed by atoms with Crippen LogP contribution in [-0.4, -0.2) is 37.5 Å². The number of guanidine groups is 1. The van der Waals surface area contributed by atoms with Crippen molar-refractivity contribution in [1.29, 1.82) is 0 Å². The van der Waals surface area contributed by atoms with Crippen LogP contribution in [0.4, 0.5) is 5.69 Å². The second-order valence-electron chi connectivity index (χ2n) is 6.00. The van der Waals surface area contributed by atoms with E-state index in [9.17, 15) is 0 Å². The molecule has 4 nitrogen and oxygen atoms in total. The van der Waals surface area contributed by atoms with Crippen molar-refractivity contribution in [3.63, 3.8) is 0 Å². The highest BCUT2D eigenvalue weighted by atomic mass is 15.3. The molecule has 0 bridgehead atoms. The standard InChI is InChI=1S/C16H24N4/c1-19-9-3-4-13-10-12(5-8-15(13)19)11-18-16(17)20(2)14-6-7-14/h5,8,10,14H,3-4,6-7,9,11H2,1-2H3,(H2,17,18). The summed E-state index contributed by atoms with van der Waals surface area (Å²) in [4.78, 5) is 8.97. The van der Waals surface area contributed by atoms with Crippen LogP contribution in [0.25, 0.3) is 0 Å². The fraction of sp³-hybridized carbons (Fsp3) is 0.562. The van der Waals surface area contributed by atoms with Gasteiger partial charge in [-0.3, -0.25) is 0 Å². The van der Waals surface area contributed by atoms with E-state index in [2.05, 4.69) is 40.0 Å². The van der Waals surface area contributed by atoms with Gasteiger partial charge in [0.25, 0.3) is 0 Å². The van der Waals surface area contributed by atoms with Gasteiger partial charge in [0.15, 0.2) is 5.96 Å². The molecular formula is C16H24N4. The maximum Gasteiger partial charge on any atom is 0.191 e. The maximum absolute atomic E-state index is 6.03. The summed E-state index contributed by atoms with van der Waals surface area (Å²) in [6, 6.07) is 7.31. The van der Waals surface area contributed by atoms with Gasteiger partial charge in [0.2, 0.25) is 0 Å². The SMILES string of the molecule is CN1CCCc2cc(CN=C(N)N(C)C3CC3)ccc21. The molecule has 0 spiro atoms. The first-order valence-electron chi connectivity index (χ1n) is 7.51. The molecule has 1 heterocycles. The molecule has 2 aliphatic rings. The van der Waals surface area contributed by atoms with Gasteiger partial charge in [0.05, 0.1) is 6.54 Å². The molecule has 20 heavy (non-hydrogen) atoms. The Morgan fingerprint density at radius 2 is 2.25 bits per heavy atom. The van der Waals surface area contributed by atoms with Crippen molar-refractivity contribution in [3.8, 4) is 0 Å². The van der Waals surface area contributed by atoms with Crippen LogP contribution >= 0.6 is 0 Å². The zero-order chi connectivity index (χ0) is 14.1. The van der Waals surface area contributed by atoms with E-state index in [0.717, 1.165) is 6.54 Å². The minimum absolute atomic E-state index is 0.621. The number of anilines is 1. The first-order chi connectivity index (χ1) is 9.65. The Bertz CT molecular complexity index is 519. The number of aryl methyl sites for hydroxylation is 1. The molecule has 1 saturated carbocycles. The van der Waals surface area contributed by atoms with E-state index in [1.165, 1.54) is 42.5 Å². The number of rotatable bonds is 3. The summed E-state index contributed by atoms with van der Waals surface area (Å²) in [6.07, 6.45) is 4.91. The highest BCUT2D eigenvalue weighted by Crippen LogP contribution is 2.27. The van der Waals surface area contributed by atoms with Gasteiger partial charge in [0, 0.05) is 32.4 Å². The van der Waals surface area contributed by atoms with Crippen molar-refractivity contribution in [2.24, 2.45) is 10.7 Å². The lowest BCUT2D eigenvalue weighted by atomic mass is 10.00. The largest absolute Gasteiger partial charge is 0.374 e. The lowest BCUT2D eigenvalue weighted by Crippen LogP contribution is -2.35. The van der Waals surface area contributed by atoms with Crippen LogP contribution in [0, 0.1) is 0 Å². The van der Waals surface area contributed by atoms with Crippen LogP contribution < -0.4 is 10.6 Å². The number of aliphatic imine (C=N–C) groups is 1. The molecule has 2 N–H and O–H groups in total. The zero-order valence-electron chi connectivity index (χ0n) is 12.5. The van der Waals surface area contributed by atoms with Crippen LogP contribution in [0.5, 0.6) is 0 Å². The molecule has 1 aromatic carbocycles. The second-order valence-corrected chi connectivity index (χ2v) is 6.00. The summed E-state index contributed by atoms with van der Waals surface area (Å²) in [5.41, 5.74) is 10.1. The van der Waals surface area contributed by atoms with E-state index in [1.54, 1.807) is 0 Å². The molecule has 1 aromatic rings. The molecule has 1 aliphatic heterocycles. The molecule has 0 saturated heterocycles. The van der Waals surface area contributed by atoms with Gasteiger partial charge in [-0.25, -0.2) is 4.99 Å². The highest BCUT2D eigenvalue weighted by molar-refractivity contribution is 5.78. The van der Waals surface area contributed by atoms with E-state index < -0.39 is 0 Å². The predicted octanol–water partition coefficient (Wildman–Crippen LogP) is 1.98. The predicted molar refractivity (Wildman–Crippen MR) is 84.1 cm³/mol. The molecule has 0 unspecified atom stereocenters. The maximum atomic E-state index is 6.03. The van der Waals surface area contributed by atoms with Gasteiger partial charge in [-0.1, -0.05) is 12.1 Å². The fourth-order valence-electron chi connectivity index (χ4n) is 2.87. The Morgan fingerprint density at radius 1 is 1.45 bits per heavy atom. The third-order valence-electron chi connectivity index (χ3n) is 4.37. The number of nitrogens with two attached hydrogens (primary N) is 1. The molecule has 108 valence electrons. The van der Waals surface area contributed by atoms with Gasteiger partial charge in [-0.2, -0.15) is 0 Å². The molecule has 1 fully saturated rings. The Kier molecular flexibility index (Phi) is 3.55. The van der Waals surface area contributed by atoms with Crippen molar-refractivity contribution in [1.82, 2.24) is 4.90 Å². The fourth-order valence-corrected chi connectivity index (χ4v) is 2.87. The summed E-state index contributed by atoms with van der Waals surface area (Å²) in [5, 5.41) is 0. The summed E-state index contributed by atoms with van der Waals surface area (Å²) >= 11 is 0. The number of fused-ring (bicyclic) bond motifs is 1. The minimum atomic E-state index is 0.621. The highest BCUT2D eigenvalue weighted by Gasteiger charge is 2.27. The van der Waals surface area contributed by atoms with E-state index in [4.69, 9.17) is 5.73 Å². The van der Waals surface area contributed by atoms with Gasteiger partial charge in [-0.15, -0.1) is 0 Å². The average Bonchev–Trinajstić information content (AvgIpc) is 3.28. The second kappa shape index (κ2) is 5.35. The number of hydrogen-bond donors (Lipinski definition) is 1. The molecule has 3 rings (SSSR count). The Hall–Kier alpha value is -1.71. The quantitative estimate of drug-likeness (QED) is 0.676. The zero-order valence-corrected chi connectivity index (χ0v) is 12.5. The van der Waals surface area contributed by atoms with Crippen molar-refractivity contribution in [2.45, 2.75) is 38.3 Å². The third-order valence-corrected chi connectivity index (χ3v) is 4.37. The average molecular weight is 272 g/mol. The molecule has 0 atom stereocenters. The lowest BCUT2D eigenvalue weighted by Gasteiger charge is -2.27. The van der Waals surface area contributed by atoms with Gasteiger partial charge in [-0.05, 0) is 42.9 Å². The normalized spacial score (nSPS) is 18.9. The van der Waals surface area contributed by atoms with Crippen molar-refractivity contribution in [3.05, 3.63) is 29.3 Å². The van der Waals surface area contributed by atoms with E-state index >= 15 is 0 Å². The van der Waals surface area contributed by atoms with Crippen LogP contribution in [0.3, 0.4) is 0 Å². The third kappa shape index (κ3) is 2.74. The van der Waals surface area contributed by atoms with Crippen LogP contribution in [0.15, 0.2) is 23.2 Å². The lowest BCUT2D eigenvalue weighted by molar-refractivity contribution is 0.487. The van der Waals surface area contributed by atoms with E-state index in [1.807, 2.05) is 7.05 Å². The molecule has 4 heteroatoms. The minimum Gasteiger partial charge on any atom is -0.374 e. The summed E-state index contributed by atoms with van der Waals surface area (Å²) < 4.78 is 0. The van der Waals surface area contributed by atoms with E-state index in [0.29, 0.717) is 18.5 Å². The van der Waals surface area contributed by atoms with Gasteiger partial charge in [0.1, 0.15) is 0 Å². The van der Waals surface area contributed by atoms with Crippen molar-refractivity contribution < 1.29 is 0 Å². The summed E-state index contributed by atoms with van der Waals surface area (Å²) in [6.45, 7) is 1.84. The van der Waals surface area contributed by atoms with Crippen molar-refractivity contribution >= 4 is 11.6 Å². The van der Waals surface area contributed by atoms with Crippen molar-refractivity contribution in [2.75, 3.05) is 25.5 Å². The van der Waals surface area contributed by atoms with Crippen LogP contribution in [-0.2, 0) is 13.0 Å². The van der Waals surface area contributed by atoms with E-state index in [-0.39, 0.29) is 0 Å². The topological polar surface area (TPSA) is 44.9 Å². The molecular weight excluding hydrogens is 248 g/mol. The Labute approximate surface area is 121 Å². The number of hydrogen-bond acceptors (Lipinski definition) is 2. The van der Waals surface area contributed by atoms with Crippen LogP contribution in [0.1, 0.15) is 30.4 Å².